The average molecular weight is 386 g/mol. The third-order valence-corrected chi connectivity index (χ3v) is 5.40. The molecule has 3 aromatic rings. The van der Waals surface area contributed by atoms with Crippen LogP contribution in [0.3, 0.4) is 0 Å². The van der Waals surface area contributed by atoms with Gasteiger partial charge in [-0.1, -0.05) is 54.6 Å². The van der Waals surface area contributed by atoms with Crippen molar-refractivity contribution >= 4 is 11.7 Å². The fraction of sp³-hybridized carbons (Fsp3) is 0.208. The molecule has 1 aliphatic heterocycles. The van der Waals surface area contributed by atoms with Crippen molar-refractivity contribution in [3.63, 3.8) is 0 Å². The molecule has 0 N–H and O–H groups in total. The molecule has 1 unspecified atom stereocenters. The number of likely N-dealkylation sites (tertiary alicyclic amines) is 1. The number of amides is 1. The lowest BCUT2D eigenvalue weighted by atomic mass is 9.89. The summed E-state index contributed by atoms with van der Waals surface area (Å²) in [7, 11) is 0. The molecule has 5 nitrogen and oxygen atoms in total. The highest BCUT2D eigenvalue weighted by atomic mass is 16.5. The van der Waals surface area contributed by atoms with Crippen LogP contribution in [0, 0.1) is 11.1 Å². The Hall–Kier alpha value is -3.47. The molecule has 2 heterocycles. The van der Waals surface area contributed by atoms with Crippen LogP contribution in [0.15, 0.2) is 79.1 Å². The van der Waals surface area contributed by atoms with Crippen LogP contribution < -0.4 is 4.73 Å². The van der Waals surface area contributed by atoms with Crippen molar-refractivity contribution < 1.29 is 14.3 Å². The molecule has 5 heteroatoms. The van der Waals surface area contributed by atoms with Gasteiger partial charge in [-0.05, 0) is 24.0 Å². The van der Waals surface area contributed by atoms with E-state index in [9.17, 15) is 14.8 Å². The largest absolute Gasteiger partial charge is 0.619 e. The first-order valence-corrected chi connectivity index (χ1v) is 9.79. The number of pyridine rings is 1. The van der Waals surface area contributed by atoms with E-state index in [1.165, 1.54) is 24.5 Å². The summed E-state index contributed by atoms with van der Waals surface area (Å²) in [6.45, 7) is 1.03. The van der Waals surface area contributed by atoms with Crippen molar-refractivity contribution in [2.45, 2.75) is 12.8 Å². The van der Waals surface area contributed by atoms with E-state index in [2.05, 4.69) is 0 Å². The summed E-state index contributed by atoms with van der Waals surface area (Å²) in [6.07, 6.45) is 4.19. The van der Waals surface area contributed by atoms with E-state index in [0.29, 0.717) is 28.9 Å². The number of Topliss-reactive ketones (excluding diaryl/α,β-unsaturated/α-hetero) is 1. The number of rotatable bonds is 4. The number of hydrogen-bond donors (Lipinski definition) is 0. The number of piperidine rings is 1. The van der Waals surface area contributed by atoms with Gasteiger partial charge in [-0.25, -0.2) is 0 Å². The number of ketones is 1. The molecule has 1 aromatic heterocycles. The lowest BCUT2D eigenvalue weighted by Gasteiger charge is -2.32. The van der Waals surface area contributed by atoms with Crippen molar-refractivity contribution in [1.82, 2.24) is 4.90 Å². The van der Waals surface area contributed by atoms with Gasteiger partial charge in [-0.2, -0.15) is 4.73 Å². The molecule has 4 rings (SSSR count). The Labute approximate surface area is 169 Å². The van der Waals surface area contributed by atoms with Gasteiger partial charge in [0, 0.05) is 36.7 Å². The number of benzene rings is 2. The Morgan fingerprint density at radius 1 is 0.862 bits per heavy atom. The first-order valence-electron chi connectivity index (χ1n) is 9.79. The fourth-order valence-corrected chi connectivity index (χ4v) is 3.81. The molecule has 2 aromatic carbocycles. The number of carbonyl (C=O) groups is 2. The smallest absolute Gasteiger partial charge is 0.254 e. The molecule has 146 valence electrons. The topological polar surface area (TPSA) is 64.3 Å². The van der Waals surface area contributed by atoms with Gasteiger partial charge in [0.05, 0.1) is 5.56 Å². The molecule has 0 saturated carbocycles. The van der Waals surface area contributed by atoms with Gasteiger partial charge in [0.2, 0.25) is 0 Å². The predicted molar refractivity (Wildman–Crippen MR) is 110 cm³/mol. The minimum Gasteiger partial charge on any atom is -0.619 e. The molecule has 0 radical (unpaired) electrons. The highest BCUT2D eigenvalue weighted by molar-refractivity contribution is 5.99. The summed E-state index contributed by atoms with van der Waals surface area (Å²) < 4.78 is 0.651. The van der Waals surface area contributed by atoms with Gasteiger partial charge in [-0.15, -0.1) is 0 Å². The Morgan fingerprint density at radius 2 is 1.52 bits per heavy atom. The molecular weight excluding hydrogens is 364 g/mol. The molecule has 29 heavy (non-hydrogen) atoms. The summed E-state index contributed by atoms with van der Waals surface area (Å²) in [5.41, 5.74) is 3.33. The van der Waals surface area contributed by atoms with E-state index >= 15 is 0 Å². The Balaban J connectivity index is 1.46. The van der Waals surface area contributed by atoms with Crippen LogP contribution in [-0.2, 0) is 0 Å². The third kappa shape index (κ3) is 4.19. The Kier molecular flexibility index (Phi) is 5.38. The summed E-state index contributed by atoms with van der Waals surface area (Å²) in [6, 6.07) is 20.8. The monoisotopic (exact) mass is 386 g/mol. The van der Waals surface area contributed by atoms with E-state index in [-0.39, 0.29) is 17.6 Å². The zero-order chi connectivity index (χ0) is 20.2. The van der Waals surface area contributed by atoms with Crippen LogP contribution in [0.4, 0.5) is 0 Å². The Bertz CT molecular complexity index is 999. The summed E-state index contributed by atoms with van der Waals surface area (Å²) in [5.74, 6) is -0.265. The SMILES string of the molecule is O=C(c1ccc(-c2ccccc2)cc1)C1CCCN(C(=O)c2cc[n+]([O-])cc2)C1. The summed E-state index contributed by atoms with van der Waals surface area (Å²) in [5, 5.41) is 11.2. The normalized spacial score (nSPS) is 16.4. The van der Waals surface area contributed by atoms with Crippen LogP contribution in [0.2, 0.25) is 0 Å². The number of nitrogens with zero attached hydrogens (tertiary/aromatic N) is 2. The zero-order valence-electron chi connectivity index (χ0n) is 16.0. The third-order valence-electron chi connectivity index (χ3n) is 5.40. The second-order valence-electron chi connectivity index (χ2n) is 7.34. The van der Waals surface area contributed by atoms with Crippen molar-refractivity contribution in [3.05, 3.63) is 95.5 Å². The maximum absolute atomic E-state index is 13.0. The van der Waals surface area contributed by atoms with Crippen LogP contribution in [0.1, 0.15) is 33.6 Å². The second-order valence-corrected chi connectivity index (χ2v) is 7.34. The van der Waals surface area contributed by atoms with Gasteiger partial charge >= 0.3 is 0 Å². The molecule has 1 atom stereocenters. The van der Waals surface area contributed by atoms with Gasteiger partial charge < -0.3 is 10.1 Å². The molecular formula is C24H22N2O3. The lowest BCUT2D eigenvalue weighted by Crippen LogP contribution is -2.42. The van der Waals surface area contributed by atoms with Gasteiger partial charge in [0.15, 0.2) is 18.2 Å². The molecule has 1 amide bonds. The lowest BCUT2D eigenvalue weighted by molar-refractivity contribution is -0.605. The van der Waals surface area contributed by atoms with Crippen molar-refractivity contribution in [2.75, 3.05) is 13.1 Å². The fourth-order valence-electron chi connectivity index (χ4n) is 3.81. The van der Waals surface area contributed by atoms with Gasteiger partial charge in [0.1, 0.15) is 0 Å². The maximum atomic E-state index is 13.0. The van der Waals surface area contributed by atoms with Crippen molar-refractivity contribution in [1.29, 1.82) is 0 Å². The van der Waals surface area contributed by atoms with Crippen molar-refractivity contribution in [3.8, 4) is 11.1 Å². The highest BCUT2D eigenvalue weighted by Gasteiger charge is 2.29. The number of aromatic nitrogens is 1. The molecule has 0 aliphatic carbocycles. The quantitative estimate of drug-likeness (QED) is 0.390. The molecule has 0 spiro atoms. The molecule has 1 saturated heterocycles. The second kappa shape index (κ2) is 8.27. The number of hydrogen-bond acceptors (Lipinski definition) is 3. The highest BCUT2D eigenvalue weighted by Crippen LogP contribution is 2.24. The average Bonchev–Trinajstić information content (AvgIpc) is 2.79. The van der Waals surface area contributed by atoms with Crippen LogP contribution in [0.25, 0.3) is 11.1 Å². The van der Waals surface area contributed by atoms with Crippen LogP contribution >= 0.6 is 0 Å². The number of carbonyl (C=O) groups excluding carboxylic acids is 2. The Morgan fingerprint density at radius 3 is 2.21 bits per heavy atom. The van der Waals surface area contributed by atoms with E-state index < -0.39 is 0 Å². The van der Waals surface area contributed by atoms with Gasteiger partial charge in [-0.3, -0.25) is 9.59 Å². The van der Waals surface area contributed by atoms with Crippen LogP contribution in [-0.4, -0.2) is 29.7 Å². The molecule has 1 fully saturated rings. The minimum absolute atomic E-state index is 0.0765. The predicted octanol–water partition coefficient (Wildman–Crippen LogP) is 3.72. The van der Waals surface area contributed by atoms with Gasteiger partial charge in [0.25, 0.3) is 5.91 Å². The molecule has 1 aliphatic rings. The van der Waals surface area contributed by atoms with E-state index in [1.807, 2.05) is 54.6 Å². The van der Waals surface area contributed by atoms with Crippen LogP contribution in [0.5, 0.6) is 0 Å². The van der Waals surface area contributed by atoms with E-state index in [4.69, 9.17) is 0 Å². The first kappa shape index (κ1) is 18.9. The maximum Gasteiger partial charge on any atom is 0.254 e. The van der Waals surface area contributed by atoms with E-state index in [1.54, 1.807) is 4.90 Å². The minimum atomic E-state index is -0.205. The summed E-state index contributed by atoms with van der Waals surface area (Å²) >= 11 is 0. The molecule has 0 bridgehead atoms. The zero-order valence-corrected chi connectivity index (χ0v) is 16.0. The summed E-state index contributed by atoms with van der Waals surface area (Å²) in [4.78, 5) is 27.5. The standard InChI is InChI=1S/C24H22N2O3/c27-23(20-10-8-19(9-11-20)18-5-2-1-3-6-18)22-7-4-14-25(17-22)24(28)21-12-15-26(29)16-13-21/h1-3,5-6,8-13,15-16,22H,4,7,14,17H2. The van der Waals surface area contributed by atoms with Crippen molar-refractivity contribution in [2.24, 2.45) is 5.92 Å². The first-order chi connectivity index (χ1) is 14.1. The van der Waals surface area contributed by atoms with E-state index in [0.717, 1.165) is 24.0 Å².